The number of hydrogen-bond donors (Lipinski definition) is 0. The van der Waals surface area contributed by atoms with E-state index in [0.29, 0.717) is 13.1 Å². The van der Waals surface area contributed by atoms with Crippen molar-refractivity contribution >= 4 is 17.8 Å². The number of anilines is 1. The van der Waals surface area contributed by atoms with E-state index < -0.39 is 0 Å². The number of rotatable bonds is 5. The third-order valence-electron chi connectivity index (χ3n) is 5.71. The van der Waals surface area contributed by atoms with Crippen LogP contribution in [-0.2, 0) is 17.8 Å². The van der Waals surface area contributed by atoms with Crippen LogP contribution in [0, 0.1) is 0 Å². The highest BCUT2D eigenvalue weighted by atomic mass is 16.2. The monoisotopic (exact) mass is 412 g/mol. The molecule has 0 saturated heterocycles. The summed E-state index contributed by atoms with van der Waals surface area (Å²) in [6, 6.07) is 20.2. The number of fused-ring (bicyclic) bond motifs is 1. The number of hydrogen-bond acceptors (Lipinski definition) is 4. The highest BCUT2D eigenvalue weighted by molar-refractivity contribution is 5.92. The molecule has 0 aliphatic carbocycles. The van der Waals surface area contributed by atoms with Crippen molar-refractivity contribution in [3.05, 3.63) is 83.6 Å². The second kappa shape index (κ2) is 9.13. The number of carbonyl (C=O) groups is 1. The molecule has 0 radical (unpaired) electrons. The average molecular weight is 413 g/mol. The molecular weight excluding hydrogens is 384 g/mol. The summed E-state index contributed by atoms with van der Waals surface area (Å²) >= 11 is 0. The molecule has 0 bridgehead atoms. The zero-order chi connectivity index (χ0) is 21.8. The standard InChI is InChI=1S/C26H28N4O/c1-19(2)29(3)26-22-18-30(24(31)15-14-20-10-6-4-7-11-20)17-16-23(22)27-25(28-26)21-12-8-5-9-13-21/h4-15,19H,16-18H2,1-3H3/b15-14+. The smallest absolute Gasteiger partial charge is 0.246 e. The van der Waals surface area contributed by atoms with Crippen LogP contribution in [0.15, 0.2) is 66.7 Å². The zero-order valence-corrected chi connectivity index (χ0v) is 18.3. The van der Waals surface area contributed by atoms with Crippen LogP contribution in [0.3, 0.4) is 0 Å². The lowest BCUT2D eigenvalue weighted by Crippen LogP contribution is -2.38. The molecule has 1 aliphatic rings. The van der Waals surface area contributed by atoms with Crippen LogP contribution in [0.1, 0.15) is 30.7 Å². The van der Waals surface area contributed by atoms with Gasteiger partial charge in [0.1, 0.15) is 5.82 Å². The maximum atomic E-state index is 12.9. The lowest BCUT2D eigenvalue weighted by atomic mass is 10.0. The Morgan fingerprint density at radius 1 is 1.03 bits per heavy atom. The Labute approximate surface area is 184 Å². The Morgan fingerprint density at radius 2 is 1.71 bits per heavy atom. The van der Waals surface area contributed by atoms with Gasteiger partial charge in [-0.05, 0) is 25.5 Å². The van der Waals surface area contributed by atoms with Gasteiger partial charge in [-0.3, -0.25) is 4.79 Å². The minimum absolute atomic E-state index is 0.0137. The van der Waals surface area contributed by atoms with E-state index in [1.54, 1.807) is 6.08 Å². The van der Waals surface area contributed by atoms with E-state index in [9.17, 15) is 4.79 Å². The van der Waals surface area contributed by atoms with Crippen molar-refractivity contribution in [2.45, 2.75) is 32.9 Å². The summed E-state index contributed by atoms with van der Waals surface area (Å²) in [6.45, 7) is 5.46. The minimum Gasteiger partial charge on any atom is -0.357 e. The lowest BCUT2D eigenvalue weighted by molar-refractivity contribution is -0.126. The maximum absolute atomic E-state index is 12.9. The highest BCUT2D eigenvalue weighted by Crippen LogP contribution is 2.30. The molecular formula is C26H28N4O. The first-order valence-electron chi connectivity index (χ1n) is 10.7. The van der Waals surface area contributed by atoms with Crippen LogP contribution in [0.4, 0.5) is 5.82 Å². The topological polar surface area (TPSA) is 49.3 Å². The molecule has 2 aromatic carbocycles. The van der Waals surface area contributed by atoms with Crippen LogP contribution < -0.4 is 4.90 Å². The van der Waals surface area contributed by atoms with Crippen molar-refractivity contribution in [3.63, 3.8) is 0 Å². The van der Waals surface area contributed by atoms with Gasteiger partial charge in [-0.15, -0.1) is 0 Å². The van der Waals surface area contributed by atoms with Gasteiger partial charge in [-0.1, -0.05) is 60.7 Å². The first kappa shape index (κ1) is 20.8. The Morgan fingerprint density at radius 3 is 2.39 bits per heavy atom. The second-order valence-electron chi connectivity index (χ2n) is 8.12. The normalized spacial score (nSPS) is 13.5. The number of benzene rings is 2. The van der Waals surface area contributed by atoms with E-state index in [-0.39, 0.29) is 11.9 Å². The zero-order valence-electron chi connectivity index (χ0n) is 18.3. The molecule has 0 atom stereocenters. The predicted octanol–water partition coefficient (Wildman–Crippen LogP) is 4.59. The van der Waals surface area contributed by atoms with Gasteiger partial charge in [0.2, 0.25) is 5.91 Å². The summed E-state index contributed by atoms with van der Waals surface area (Å²) < 4.78 is 0. The van der Waals surface area contributed by atoms with Crippen LogP contribution in [0.2, 0.25) is 0 Å². The van der Waals surface area contributed by atoms with Crippen LogP contribution >= 0.6 is 0 Å². The number of aromatic nitrogens is 2. The molecule has 1 aromatic heterocycles. The van der Waals surface area contributed by atoms with Crippen molar-refractivity contribution in [2.75, 3.05) is 18.5 Å². The summed E-state index contributed by atoms with van der Waals surface area (Å²) in [6.07, 6.45) is 4.25. The molecule has 0 unspecified atom stereocenters. The molecule has 1 amide bonds. The van der Waals surface area contributed by atoms with Gasteiger partial charge in [0, 0.05) is 43.3 Å². The fourth-order valence-electron chi connectivity index (χ4n) is 3.67. The molecule has 1 aliphatic heterocycles. The fraction of sp³-hybridized carbons (Fsp3) is 0.269. The van der Waals surface area contributed by atoms with E-state index in [0.717, 1.165) is 40.4 Å². The van der Waals surface area contributed by atoms with Crippen LogP contribution in [0.5, 0.6) is 0 Å². The molecule has 31 heavy (non-hydrogen) atoms. The van der Waals surface area contributed by atoms with Gasteiger partial charge in [-0.25, -0.2) is 9.97 Å². The predicted molar refractivity (Wildman–Crippen MR) is 126 cm³/mol. The first-order valence-corrected chi connectivity index (χ1v) is 10.7. The first-order chi connectivity index (χ1) is 15.0. The summed E-state index contributed by atoms with van der Waals surface area (Å²) in [5.41, 5.74) is 4.10. The Hall–Kier alpha value is -3.47. The summed E-state index contributed by atoms with van der Waals surface area (Å²) in [7, 11) is 2.05. The molecule has 4 rings (SSSR count). The molecule has 5 heteroatoms. The lowest BCUT2D eigenvalue weighted by Gasteiger charge is -2.32. The van der Waals surface area contributed by atoms with E-state index in [1.165, 1.54) is 0 Å². The highest BCUT2D eigenvalue weighted by Gasteiger charge is 2.27. The summed E-state index contributed by atoms with van der Waals surface area (Å²) in [5.74, 6) is 1.66. The quantitative estimate of drug-likeness (QED) is 0.575. The number of carbonyl (C=O) groups excluding carboxylic acids is 1. The van der Waals surface area contributed by atoms with Crippen molar-refractivity contribution in [1.82, 2.24) is 14.9 Å². The van der Waals surface area contributed by atoms with Gasteiger partial charge in [0.05, 0.1) is 12.2 Å². The van der Waals surface area contributed by atoms with Gasteiger partial charge in [0.25, 0.3) is 0 Å². The van der Waals surface area contributed by atoms with E-state index >= 15 is 0 Å². The van der Waals surface area contributed by atoms with Crippen molar-refractivity contribution in [1.29, 1.82) is 0 Å². The SMILES string of the molecule is CC(C)N(C)c1nc(-c2ccccc2)nc2c1CN(C(=O)/C=C/c1ccccc1)CC2. The average Bonchev–Trinajstić information content (AvgIpc) is 2.82. The van der Waals surface area contributed by atoms with Crippen molar-refractivity contribution in [3.8, 4) is 11.4 Å². The second-order valence-corrected chi connectivity index (χ2v) is 8.12. The molecule has 5 nitrogen and oxygen atoms in total. The summed E-state index contributed by atoms with van der Waals surface area (Å²) in [4.78, 5) is 26.7. The van der Waals surface area contributed by atoms with Crippen LogP contribution in [0.25, 0.3) is 17.5 Å². The third kappa shape index (κ3) is 4.66. The number of amides is 1. The Bertz CT molecular complexity index is 1080. The van der Waals surface area contributed by atoms with Crippen LogP contribution in [-0.4, -0.2) is 40.4 Å². The molecule has 158 valence electrons. The van der Waals surface area contributed by atoms with Crippen molar-refractivity contribution in [2.24, 2.45) is 0 Å². The van der Waals surface area contributed by atoms with Gasteiger partial charge >= 0.3 is 0 Å². The third-order valence-corrected chi connectivity index (χ3v) is 5.71. The maximum Gasteiger partial charge on any atom is 0.246 e. The van der Waals surface area contributed by atoms with Gasteiger partial charge in [-0.2, -0.15) is 0 Å². The molecule has 0 saturated carbocycles. The van der Waals surface area contributed by atoms with E-state index in [1.807, 2.05) is 71.6 Å². The fourth-order valence-corrected chi connectivity index (χ4v) is 3.67. The summed E-state index contributed by atoms with van der Waals surface area (Å²) in [5, 5.41) is 0. The Balaban J connectivity index is 1.64. The largest absolute Gasteiger partial charge is 0.357 e. The van der Waals surface area contributed by atoms with Gasteiger partial charge in [0.15, 0.2) is 5.82 Å². The molecule has 3 aromatic rings. The Kier molecular flexibility index (Phi) is 6.12. The van der Waals surface area contributed by atoms with E-state index in [4.69, 9.17) is 9.97 Å². The molecule has 0 fully saturated rings. The molecule has 0 spiro atoms. The minimum atomic E-state index is 0.0137. The van der Waals surface area contributed by atoms with Gasteiger partial charge < -0.3 is 9.80 Å². The molecule has 0 N–H and O–H groups in total. The van der Waals surface area contributed by atoms with Crippen molar-refractivity contribution < 1.29 is 4.79 Å². The molecule has 2 heterocycles. The van der Waals surface area contributed by atoms with E-state index in [2.05, 4.69) is 25.8 Å². The number of nitrogens with zero attached hydrogens (tertiary/aromatic N) is 4.